The number of carbonyl (C=O) groups excluding carboxylic acids is 1. The molecule has 0 aliphatic carbocycles. The Kier molecular flexibility index (Phi) is 12.6. The van der Waals surface area contributed by atoms with E-state index in [9.17, 15) is 13.2 Å². The maximum atomic E-state index is 11.2. The second-order valence-corrected chi connectivity index (χ2v) is 5.03. The minimum absolute atomic E-state index is 0.0289. The van der Waals surface area contributed by atoms with E-state index in [-0.39, 0.29) is 12.4 Å². The van der Waals surface area contributed by atoms with Crippen molar-refractivity contribution in [3.8, 4) is 0 Å². The highest BCUT2D eigenvalue weighted by Crippen LogP contribution is 2.16. The second-order valence-electron chi connectivity index (χ2n) is 3.94. The van der Waals surface area contributed by atoms with Gasteiger partial charge in [-0.05, 0) is 26.5 Å². The van der Waals surface area contributed by atoms with E-state index in [0.29, 0.717) is 19.8 Å². The summed E-state index contributed by atoms with van der Waals surface area (Å²) in [7, 11) is -4.17. The Bertz CT molecular complexity index is 388. The molecule has 0 aromatic rings. The molecule has 0 spiro atoms. The number of ether oxygens (including phenoxy) is 2. The molecule has 21 heavy (non-hydrogen) atoms. The van der Waals surface area contributed by atoms with E-state index in [2.05, 4.69) is 10.8 Å². The van der Waals surface area contributed by atoms with E-state index in [0.717, 1.165) is 6.54 Å². The first-order valence-corrected chi connectivity index (χ1v) is 7.73. The summed E-state index contributed by atoms with van der Waals surface area (Å²) in [4.78, 5) is 11.2. The van der Waals surface area contributed by atoms with E-state index in [1.165, 1.54) is 13.0 Å². The van der Waals surface area contributed by atoms with Crippen LogP contribution in [0.1, 0.15) is 20.8 Å². The molecule has 1 aliphatic rings. The van der Waals surface area contributed by atoms with Crippen LogP contribution in [0.3, 0.4) is 0 Å². The van der Waals surface area contributed by atoms with Gasteiger partial charge in [-0.3, -0.25) is 9.35 Å². The van der Waals surface area contributed by atoms with Crippen LogP contribution in [-0.4, -0.2) is 57.3 Å². The third kappa shape index (κ3) is 12.6. The maximum absolute atomic E-state index is 11.2. The van der Waals surface area contributed by atoms with Crippen molar-refractivity contribution in [3.63, 3.8) is 0 Å². The van der Waals surface area contributed by atoms with E-state index in [1.807, 2.05) is 6.92 Å². The predicted molar refractivity (Wildman–Crippen MR) is 78.3 cm³/mol. The fourth-order valence-electron chi connectivity index (χ4n) is 1.14. The number of hydrogen-bond acceptors (Lipinski definition) is 7. The van der Waals surface area contributed by atoms with Crippen molar-refractivity contribution in [2.24, 2.45) is 5.73 Å². The van der Waals surface area contributed by atoms with Gasteiger partial charge in [-0.1, -0.05) is 13.5 Å². The number of hydrogen-bond donors (Lipinski definition) is 2. The van der Waals surface area contributed by atoms with Gasteiger partial charge in [-0.15, -0.1) is 0 Å². The summed E-state index contributed by atoms with van der Waals surface area (Å²) in [5.74, 6) is -0.114. The molecule has 1 aliphatic heterocycles. The molecule has 1 saturated heterocycles. The number of ketones is 1. The minimum atomic E-state index is -4.17. The Morgan fingerprint density at radius 2 is 2.00 bits per heavy atom. The molecule has 1 rings (SSSR count). The molecule has 1 fully saturated rings. The molecular formula is C12H25NO7S. The molecule has 1 atom stereocenters. The summed E-state index contributed by atoms with van der Waals surface area (Å²) in [6.07, 6.45) is 1.27. The van der Waals surface area contributed by atoms with E-state index in [4.69, 9.17) is 19.8 Å². The summed E-state index contributed by atoms with van der Waals surface area (Å²) >= 11 is 0. The Labute approximate surface area is 126 Å². The normalized spacial score (nSPS) is 21.2. The van der Waals surface area contributed by atoms with E-state index < -0.39 is 16.0 Å². The Morgan fingerprint density at radius 3 is 2.24 bits per heavy atom. The fourth-order valence-corrected chi connectivity index (χ4v) is 1.44. The van der Waals surface area contributed by atoms with Gasteiger partial charge in [0.15, 0.2) is 11.4 Å². The summed E-state index contributed by atoms with van der Waals surface area (Å²) in [5.41, 5.74) is 4.06. The standard InChI is InChI=1S/C8H12O3.C2H7N.C2H6O4S/c1-3-7(9)8(2)6-10-4-5-11-8;1-2-3;1-2-6-7(3,4)5/h3H,1,4-6H2,2H3;2-3H2,1H3;2H2,1H3,(H,3,4,5). The lowest BCUT2D eigenvalue weighted by molar-refractivity contribution is -0.166. The van der Waals surface area contributed by atoms with Crippen LogP contribution in [-0.2, 0) is 28.9 Å². The van der Waals surface area contributed by atoms with Crippen molar-refractivity contribution in [3.05, 3.63) is 12.7 Å². The van der Waals surface area contributed by atoms with Gasteiger partial charge in [0.25, 0.3) is 0 Å². The smallest absolute Gasteiger partial charge is 0.376 e. The van der Waals surface area contributed by atoms with Crippen molar-refractivity contribution in [1.29, 1.82) is 0 Å². The van der Waals surface area contributed by atoms with Gasteiger partial charge < -0.3 is 15.2 Å². The van der Waals surface area contributed by atoms with Crippen LogP contribution in [0.15, 0.2) is 12.7 Å². The zero-order valence-corrected chi connectivity index (χ0v) is 13.5. The van der Waals surface area contributed by atoms with Crippen LogP contribution >= 0.6 is 0 Å². The summed E-state index contributed by atoms with van der Waals surface area (Å²) in [6.45, 7) is 10.6. The number of carbonyl (C=O) groups is 1. The second kappa shape index (κ2) is 11.8. The average Bonchev–Trinajstić information content (AvgIpc) is 2.39. The maximum Gasteiger partial charge on any atom is 0.397 e. The summed E-state index contributed by atoms with van der Waals surface area (Å²) < 4.78 is 41.0. The van der Waals surface area contributed by atoms with Gasteiger partial charge in [-0.25, -0.2) is 4.18 Å². The summed E-state index contributed by atoms with van der Waals surface area (Å²) in [5, 5.41) is 0. The van der Waals surface area contributed by atoms with Crippen LogP contribution < -0.4 is 5.73 Å². The largest absolute Gasteiger partial charge is 0.397 e. The number of nitrogens with two attached hydrogens (primary N) is 1. The van der Waals surface area contributed by atoms with Crippen molar-refractivity contribution < 1.29 is 31.4 Å². The zero-order chi connectivity index (χ0) is 16.9. The van der Waals surface area contributed by atoms with Crippen LogP contribution in [0.25, 0.3) is 0 Å². The molecule has 0 amide bonds. The highest BCUT2D eigenvalue weighted by Gasteiger charge is 2.34. The molecule has 1 unspecified atom stereocenters. The lowest BCUT2D eigenvalue weighted by Gasteiger charge is -2.30. The Morgan fingerprint density at radius 1 is 1.48 bits per heavy atom. The lowest BCUT2D eigenvalue weighted by atomic mass is 10.0. The Hall–Kier alpha value is -0.840. The summed E-state index contributed by atoms with van der Waals surface area (Å²) in [6, 6.07) is 0. The molecule has 9 heteroatoms. The van der Waals surface area contributed by atoms with Gasteiger partial charge in [-0.2, -0.15) is 8.42 Å². The fraction of sp³-hybridized carbons (Fsp3) is 0.750. The predicted octanol–water partition coefficient (Wildman–Crippen LogP) is 0.338. The molecule has 8 nitrogen and oxygen atoms in total. The average molecular weight is 327 g/mol. The molecule has 0 aromatic heterocycles. The van der Waals surface area contributed by atoms with Crippen LogP contribution in [0.5, 0.6) is 0 Å². The first kappa shape index (κ1) is 22.4. The van der Waals surface area contributed by atoms with E-state index >= 15 is 0 Å². The topological polar surface area (TPSA) is 125 Å². The quantitative estimate of drug-likeness (QED) is 0.559. The Balaban J connectivity index is 0. The monoisotopic (exact) mass is 327 g/mol. The van der Waals surface area contributed by atoms with Crippen molar-refractivity contribution in [2.75, 3.05) is 33.0 Å². The molecular weight excluding hydrogens is 302 g/mol. The first-order chi connectivity index (χ1) is 9.66. The van der Waals surface area contributed by atoms with E-state index in [1.54, 1.807) is 6.92 Å². The molecule has 0 saturated carbocycles. The van der Waals surface area contributed by atoms with Crippen molar-refractivity contribution in [1.82, 2.24) is 0 Å². The van der Waals surface area contributed by atoms with Crippen molar-refractivity contribution >= 4 is 16.2 Å². The van der Waals surface area contributed by atoms with Gasteiger partial charge in [0.2, 0.25) is 0 Å². The molecule has 126 valence electrons. The molecule has 0 radical (unpaired) electrons. The molecule has 1 heterocycles. The molecule has 0 aromatic carbocycles. The highest BCUT2D eigenvalue weighted by atomic mass is 32.3. The van der Waals surface area contributed by atoms with Crippen LogP contribution in [0, 0.1) is 0 Å². The third-order valence-electron chi connectivity index (χ3n) is 2.00. The van der Waals surface area contributed by atoms with Crippen LogP contribution in [0.2, 0.25) is 0 Å². The zero-order valence-electron chi connectivity index (χ0n) is 12.7. The minimum Gasteiger partial charge on any atom is -0.376 e. The third-order valence-corrected chi connectivity index (χ3v) is 2.53. The van der Waals surface area contributed by atoms with Crippen LogP contribution in [0.4, 0.5) is 0 Å². The SMILES string of the molecule is C=CC(=O)C1(C)COCCO1.CCN.CCOS(=O)(=O)O. The van der Waals surface area contributed by atoms with Gasteiger partial charge in [0.05, 0.1) is 26.4 Å². The molecule has 0 bridgehead atoms. The highest BCUT2D eigenvalue weighted by molar-refractivity contribution is 7.80. The van der Waals surface area contributed by atoms with Gasteiger partial charge in [0.1, 0.15) is 0 Å². The van der Waals surface area contributed by atoms with Crippen molar-refractivity contribution in [2.45, 2.75) is 26.4 Å². The number of rotatable bonds is 4. The first-order valence-electron chi connectivity index (χ1n) is 6.37. The lowest BCUT2D eigenvalue weighted by Crippen LogP contribution is -2.46. The van der Waals surface area contributed by atoms with Gasteiger partial charge >= 0.3 is 10.4 Å². The molecule has 3 N–H and O–H groups in total. The van der Waals surface area contributed by atoms with Gasteiger partial charge in [0, 0.05) is 0 Å².